The first kappa shape index (κ1) is 20.5. The summed E-state index contributed by atoms with van der Waals surface area (Å²) >= 11 is 0. The van der Waals surface area contributed by atoms with Crippen LogP contribution in [-0.2, 0) is 9.59 Å². The van der Waals surface area contributed by atoms with Crippen molar-refractivity contribution in [2.45, 2.75) is 40.0 Å². The number of carbonyl (C=O) groups is 2. The molecule has 152 valence electrons. The van der Waals surface area contributed by atoms with Crippen LogP contribution in [0.2, 0.25) is 0 Å². The van der Waals surface area contributed by atoms with Gasteiger partial charge < -0.3 is 9.64 Å². The topological polar surface area (TPSA) is 89.8 Å². The molecule has 1 fully saturated rings. The molecular weight excluding hydrogens is 372 g/mol. The zero-order valence-corrected chi connectivity index (χ0v) is 17.0. The predicted molar refractivity (Wildman–Crippen MR) is 109 cm³/mol. The van der Waals surface area contributed by atoms with Crippen LogP contribution in [0.15, 0.2) is 36.4 Å². The van der Waals surface area contributed by atoms with E-state index in [1.807, 2.05) is 39.0 Å². The molecule has 2 aromatic rings. The molecular formula is C22H24N2O5. The van der Waals surface area contributed by atoms with Crippen LogP contribution in [0.25, 0.3) is 0 Å². The predicted octanol–water partition coefficient (Wildman–Crippen LogP) is 4.29. The molecule has 29 heavy (non-hydrogen) atoms. The minimum Gasteiger partial charge on any atom is -0.426 e. The highest BCUT2D eigenvalue weighted by Crippen LogP contribution is 2.32. The zero-order chi connectivity index (χ0) is 21.3. The second kappa shape index (κ2) is 8.03. The Morgan fingerprint density at radius 1 is 1.21 bits per heavy atom. The van der Waals surface area contributed by atoms with Crippen molar-refractivity contribution in [3.63, 3.8) is 0 Å². The van der Waals surface area contributed by atoms with Crippen molar-refractivity contribution in [1.82, 2.24) is 0 Å². The van der Waals surface area contributed by atoms with E-state index >= 15 is 0 Å². The Kier molecular flexibility index (Phi) is 5.68. The highest BCUT2D eigenvalue weighted by Gasteiger charge is 2.37. The molecule has 1 atom stereocenters. The van der Waals surface area contributed by atoms with Crippen LogP contribution in [-0.4, -0.2) is 23.3 Å². The minimum absolute atomic E-state index is 0.0172. The van der Waals surface area contributed by atoms with Gasteiger partial charge in [0.15, 0.2) is 0 Å². The van der Waals surface area contributed by atoms with Gasteiger partial charge in [-0.05, 0) is 43.0 Å². The number of rotatable bonds is 5. The van der Waals surface area contributed by atoms with Crippen LogP contribution >= 0.6 is 0 Å². The first-order valence-corrected chi connectivity index (χ1v) is 9.55. The van der Waals surface area contributed by atoms with Crippen molar-refractivity contribution >= 4 is 23.3 Å². The van der Waals surface area contributed by atoms with Crippen molar-refractivity contribution in [3.8, 4) is 5.75 Å². The van der Waals surface area contributed by atoms with Gasteiger partial charge in [-0.15, -0.1) is 0 Å². The van der Waals surface area contributed by atoms with E-state index in [0.717, 1.165) is 11.1 Å². The number of esters is 1. The lowest BCUT2D eigenvalue weighted by molar-refractivity contribution is -0.385. The average Bonchev–Trinajstić information content (AvgIpc) is 3.03. The van der Waals surface area contributed by atoms with Crippen molar-refractivity contribution in [2.75, 3.05) is 11.4 Å². The Balaban J connectivity index is 1.79. The van der Waals surface area contributed by atoms with Gasteiger partial charge in [0.25, 0.3) is 5.69 Å². The summed E-state index contributed by atoms with van der Waals surface area (Å²) in [7, 11) is 0. The maximum absolute atomic E-state index is 12.7. The molecule has 0 radical (unpaired) electrons. The Labute approximate surface area is 169 Å². The van der Waals surface area contributed by atoms with Gasteiger partial charge in [0.05, 0.1) is 16.5 Å². The summed E-state index contributed by atoms with van der Waals surface area (Å²) in [4.78, 5) is 37.4. The lowest BCUT2D eigenvalue weighted by atomic mass is 10.0. The largest absolute Gasteiger partial charge is 0.426 e. The minimum atomic E-state index is -0.622. The molecule has 0 N–H and O–H groups in total. The second-order valence-corrected chi connectivity index (χ2v) is 7.75. The number of hydrogen-bond acceptors (Lipinski definition) is 5. The third-order valence-electron chi connectivity index (χ3n) is 5.16. The number of nitro benzene ring substituents is 1. The van der Waals surface area contributed by atoms with E-state index in [1.165, 1.54) is 11.0 Å². The van der Waals surface area contributed by atoms with Crippen LogP contribution in [0.1, 0.15) is 42.9 Å². The van der Waals surface area contributed by atoms with Gasteiger partial charge >= 0.3 is 5.97 Å². The normalized spacial score (nSPS) is 16.4. The molecule has 1 amide bonds. The Bertz CT molecular complexity index is 983. The number of benzene rings is 2. The number of aryl methyl sites for hydroxylation is 2. The number of nitro groups is 1. The van der Waals surface area contributed by atoms with Crippen LogP contribution in [0.5, 0.6) is 5.75 Å². The summed E-state index contributed by atoms with van der Waals surface area (Å²) in [5, 5.41) is 11.2. The standard InChI is InChI=1S/C22H24N2O5/c1-13(2)18-8-5-14(3)9-20(18)29-22(26)16-10-21(25)23(12-16)17-7-6-15(4)19(11-17)24(27)28/h5-9,11,13,16H,10,12H2,1-4H3/t16-/m0/s1. The highest BCUT2D eigenvalue weighted by atomic mass is 16.6. The molecule has 2 aromatic carbocycles. The van der Waals surface area contributed by atoms with Gasteiger partial charge in [0.2, 0.25) is 5.91 Å². The molecule has 0 spiro atoms. The number of amides is 1. The van der Waals surface area contributed by atoms with Gasteiger partial charge in [-0.25, -0.2) is 0 Å². The summed E-state index contributed by atoms with van der Waals surface area (Å²) in [6, 6.07) is 10.4. The summed E-state index contributed by atoms with van der Waals surface area (Å²) in [5.74, 6) is -0.633. The fourth-order valence-electron chi connectivity index (χ4n) is 3.48. The third kappa shape index (κ3) is 4.29. The van der Waals surface area contributed by atoms with Crippen LogP contribution < -0.4 is 9.64 Å². The Hall–Kier alpha value is -3.22. The lowest BCUT2D eigenvalue weighted by Crippen LogP contribution is -2.27. The quantitative estimate of drug-likeness (QED) is 0.325. The maximum Gasteiger partial charge on any atom is 0.316 e. The first-order chi connectivity index (χ1) is 13.7. The van der Waals surface area contributed by atoms with Gasteiger partial charge in [0, 0.05) is 24.6 Å². The van der Waals surface area contributed by atoms with Gasteiger partial charge in [-0.3, -0.25) is 19.7 Å². The Morgan fingerprint density at radius 3 is 2.59 bits per heavy atom. The number of hydrogen-bond donors (Lipinski definition) is 0. The van der Waals surface area contributed by atoms with E-state index < -0.39 is 16.8 Å². The van der Waals surface area contributed by atoms with Crippen molar-refractivity contribution in [2.24, 2.45) is 5.92 Å². The van der Waals surface area contributed by atoms with E-state index in [2.05, 4.69) is 0 Å². The molecule has 7 heteroatoms. The lowest BCUT2D eigenvalue weighted by Gasteiger charge is -2.18. The van der Waals surface area contributed by atoms with Gasteiger partial charge in [-0.1, -0.05) is 32.0 Å². The molecule has 0 bridgehead atoms. The molecule has 3 rings (SSSR count). The molecule has 1 aliphatic heterocycles. The number of carbonyl (C=O) groups excluding carboxylic acids is 2. The summed E-state index contributed by atoms with van der Waals surface area (Å²) in [6.45, 7) is 7.75. The second-order valence-electron chi connectivity index (χ2n) is 7.75. The molecule has 7 nitrogen and oxygen atoms in total. The number of nitrogens with zero attached hydrogens (tertiary/aromatic N) is 2. The highest BCUT2D eigenvalue weighted by molar-refractivity contribution is 6.00. The molecule has 0 saturated carbocycles. The molecule has 0 aromatic heterocycles. The first-order valence-electron chi connectivity index (χ1n) is 9.55. The van der Waals surface area contributed by atoms with E-state index in [0.29, 0.717) is 17.0 Å². The fraction of sp³-hybridized carbons (Fsp3) is 0.364. The fourth-order valence-corrected chi connectivity index (χ4v) is 3.48. The average molecular weight is 396 g/mol. The number of ether oxygens (including phenoxy) is 1. The SMILES string of the molecule is Cc1ccc(C(C)C)c(OC(=O)[C@H]2CC(=O)N(c3ccc(C)c([N+](=O)[O-])c3)C2)c1. The molecule has 1 heterocycles. The summed E-state index contributed by atoms with van der Waals surface area (Å²) < 4.78 is 5.66. The van der Waals surface area contributed by atoms with E-state index in [1.54, 1.807) is 19.1 Å². The summed E-state index contributed by atoms with van der Waals surface area (Å²) in [5.41, 5.74) is 2.79. The molecule has 0 unspecified atom stereocenters. The maximum atomic E-state index is 12.7. The zero-order valence-electron chi connectivity index (χ0n) is 17.0. The smallest absolute Gasteiger partial charge is 0.316 e. The molecule has 1 aliphatic rings. The van der Waals surface area contributed by atoms with Crippen molar-refractivity contribution in [1.29, 1.82) is 0 Å². The van der Waals surface area contributed by atoms with E-state index in [9.17, 15) is 19.7 Å². The van der Waals surface area contributed by atoms with E-state index in [4.69, 9.17) is 4.74 Å². The van der Waals surface area contributed by atoms with Crippen molar-refractivity contribution < 1.29 is 19.2 Å². The van der Waals surface area contributed by atoms with Crippen LogP contribution in [0.3, 0.4) is 0 Å². The number of anilines is 1. The van der Waals surface area contributed by atoms with Crippen molar-refractivity contribution in [3.05, 3.63) is 63.2 Å². The van der Waals surface area contributed by atoms with Gasteiger partial charge in [0.1, 0.15) is 5.75 Å². The van der Waals surface area contributed by atoms with Crippen LogP contribution in [0, 0.1) is 29.9 Å². The third-order valence-corrected chi connectivity index (χ3v) is 5.16. The van der Waals surface area contributed by atoms with E-state index in [-0.39, 0.29) is 30.5 Å². The summed E-state index contributed by atoms with van der Waals surface area (Å²) in [6.07, 6.45) is 0.0172. The molecule has 0 aliphatic carbocycles. The Morgan fingerprint density at radius 2 is 1.93 bits per heavy atom. The monoisotopic (exact) mass is 396 g/mol. The van der Waals surface area contributed by atoms with Gasteiger partial charge in [-0.2, -0.15) is 0 Å². The molecule has 1 saturated heterocycles. The van der Waals surface area contributed by atoms with Crippen LogP contribution in [0.4, 0.5) is 11.4 Å².